The molecule has 1 saturated heterocycles. The van der Waals surface area contributed by atoms with E-state index in [0.29, 0.717) is 35.5 Å². The van der Waals surface area contributed by atoms with Crippen molar-refractivity contribution < 1.29 is 14.3 Å². The van der Waals surface area contributed by atoms with Crippen LogP contribution in [0, 0.1) is 5.92 Å². The van der Waals surface area contributed by atoms with Gasteiger partial charge in [-0.1, -0.05) is 23.7 Å². The number of benzene rings is 1. The number of amides is 1. The Kier molecular flexibility index (Phi) is 8.39. The van der Waals surface area contributed by atoms with Crippen molar-refractivity contribution in [3.63, 3.8) is 0 Å². The van der Waals surface area contributed by atoms with Crippen LogP contribution in [0.1, 0.15) is 45.4 Å². The van der Waals surface area contributed by atoms with Crippen molar-refractivity contribution in [3.8, 4) is 0 Å². The van der Waals surface area contributed by atoms with Crippen LogP contribution in [0.5, 0.6) is 0 Å². The van der Waals surface area contributed by atoms with E-state index in [2.05, 4.69) is 17.1 Å². The summed E-state index contributed by atoms with van der Waals surface area (Å²) in [7, 11) is 1.43. The van der Waals surface area contributed by atoms with Crippen LogP contribution in [-0.2, 0) is 14.3 Å². The average Bonchev–Trinajstić information content (AvgIpc) is 2.66. The number of esters is 1. The van der Waals surface area contributed by atoms with Gasteiger partial charge in [0.2, 0.25) is 5.91 Å². The van der Waals surface area contributed by atoms with Crippen molar-refractivity contribution in [1.82, 2.24) is 4.90 Å². The molecule has 1 N–H and O–H groups in total. The molecule has 0 saturated carbocycles. The summed E-state index contributed by atoms with van der Waals surface area (Å²) < 4.78 is 4.71. The molecule has 0 aromatic heterocycles. The lowest BCUT2D eigenvalue weighted by Crippen LogP contribution is -2.40. The largest absolute Gasteiger partial charge is 0.469 e. The van der Waals surface area contributed by atoms with Gasteiger partial charge in [0.1, 0.15) is 0 Å². The zero-order chi connectivity index (χ0) is 18.9. The first kappa shape index (κ1) is 20.7. The van der Waals surface area contributed by atoms with Gasteiger partial charge in [0.05, 0.1) is 17.8 Å². The molecule has 1 fully saturated rings. The molecule has 0 spiro atoms. The molecule has 1 aliphatic heterocycles. The van der Waals surface area contributed by atoms with Crippen molar-refractivity contribution >= 4 is 29.2 Å². The van der Waals surface area contributed by atoms with Crippen molar-refractivity contribution in [2.75, 3.05) is 25.5 Å². The summed E-state index contributed by atoms with van der Waals surface area (Å²) >= 11 is 6.07. The minimum absolute atomic E-state index is 0.0203. The minimum Gasteiger partial charge on any atom is -0.469 e. The Balaban J connectivity index is 1.66. The number of carbonyl (C=O) groups excluding carboxylic acids is 2. The summed E-state index contributed by atoms with van der Waals surface area (Å²) in [5.41, 5.74) is 0.674. The molecule has 5 nitrogen and oxygen atoms in total. The maximum absolute atomic E-state index is 12.1. The molecule has 144 valence electrons. The van der Waals surface area contributed by atoms with Gasteiger partial charge in [-0.15, -0.1) is 0 Å². The number of likely N-dealkylation sites (tertiary alicyclic amines) is 1. The Labute approximate surface area is 161 Å². The Morgan fingerprint density at radius 2 is 1.96 bits per heavy atom. The van der Waals surface area contributed by atoms with Crippen molar-refractivity contribution in [2.45, 2.75) is 51.5 Å². The smallest absolute Gasteiger partial charge is 0.305 e. The molecule has 1 aliphatic rings. The highest BCUT2D eigenvalue weighted by Gasteiger charge is 2.23. The molecule has 1 aromatic carbocycles. The molecule has 0 radical (unpaired) electrons. The molecule has 1 aromatic rings. The van der Waals surface area contributed by atoms with Crippen LogP contribution in [0.25, 0.3) is 0 Å². The van der Waals surface area contributed by atoms with Crippen LogP contribution in [0.4, 0.5) is 5.69 Å². The maximum atomic E-state index is 12.1. The average molecular weight is 381 g/mol. The molecule has 2 rings (SSSR count). The third kappa shape index (κ3) is 6.61. The fourth-order valence-electron chi connectivity index (χ4n) is 3.40. The molecule has 1 amide bonds. The third-order valence-electron chi connectivity index (χ3n) is 5.19. The molecule has 0 unspecified atom stereocenters. The van der Waals surface area contributed by atoms with Gasteiger partial charge in [0, 0.05) is 18.9 Å². The normalized spacial score (nSPS) is 16.9. The second kappa shape index (κ2) is 10.5. The maximum Gasteiger partial charge on any atom is 0.305 e. The number of ether oxygens (including phenoxy) is 1. The Morgan fingerprint density at radius 1 is 1.27 bits per heavy atom. The number of methoxy groups -OCH3 is 1. The van der Waals surface area contributed by atoms with Crippen LogP contribution in [0.15, 0.2) is 24.3 Å². The van der Waals surface area contributed by atoms with Gasteiger partial charge < -0.3 is 15.0 Å². The number of anilines is 1. The van der Waals surface area contributed by atoms with Crippen LogP contribution in [0.2, 0.25) is 5.02 Å². The zero-order valence-electron chi connectivity index (χ0n) is 15.7. The lowest BCUT2D eigenvalue weighted by atomic mass is 9.91. The highest BCUT2D eigenvalue weighted by Crippen LogP contribution is 2.25. The van der Waals surface area contributed by atoms with E-state index >= 15 is 0 Å². The second-order valence-corrected chi connectivity index (χ2v) is 7.42. The van der Waals surface area contributed by atoms with Gasteiger partial charge in [-0.3, -0.25) is 9.59 Å². The second-order valence-electron chi connectivity index (χ2n) is 7.01. The lowest BCUT2D eigenvalue weighted by molar-refractivity contribution is -0.141. The number of rotatable bonds is 8. The molecular weight excluding hydrogens is 352 g/mol. The van der Waals surface area contributed by atoms with E-state index in [9.17, 15) is 9.59 Å². The van der Waals surface area contributed by atoms with E-state index in [0.717, 1.165) is 38.8 Å². The monoisotopic (exact) mass is 380 g/mol. The molecule has 0 aliphatic carbocycles. The zero-order valence-corrected chi connectivity index (χ0v) is 16.4. The van der Waals surface area contributed by atoms with Gasteiger partial charge in [-0.25, -0.2) is 0 Å². The van der Waals surface area contributed by atoms with Gasteiger partial charge in [0.15, 0.2) is 0 Å². The van der Waals surface area contributed by atoms with Crippen LogP contribution in [-0.4, -0.2) is 43.0 Å². The standard InChI is InChI=1S/C20H29ClN2O3/c1-15(7-10-20(25)26-2)23-13-11-16(12-14-23)8-9-19(24)22-18-6-4-3-5-17(18)21/h3-6,15-16H,7-14H2,1-2H3,(H,22,24)/t15-/m1/s1. The number of halogens is 1. The van der Waals surface area contributed by atoms with Crippen LogP contribution < -0.4 is 5.32 Å². The van der Waals surface area contributed by atoms with Gasteiger partial charge in [-0.05, 0) is 63.7 Å². The minimum atomic E-state index is -0.142. The highest BCUT2D eigenvalue weighted by atomic mass is 35.5. The summed E-state index contributed by atoms with van der Waals surface area (Å²) in [6.45, 7) is 4.22. The van der Waals surface area contributed by atoms with Crippen molar-refractivity contribution in [1.29, 1.82) is 0 Å². The third-order valence-corrected chi connectivity index (χ3v) is 5.52. The molecular formula is C20H29ClN2O3. The summed E-state index contributed by atoms with van der Waals surface area (Å²) in [5, 5.41) is 3.45. The molecule has 6 heteroatoms. The van der Waals surface area contributed by atoms with Gasteiger partial charge in [-0.2, -0.15) is 0 Å². The molecule has 26 heavy (non-hydrogen) atoms. The van der Waals surface area contributed by atoms with Gasteiger partial charge in [0.25, 0.3) is 0 Å². The van der Waals surface area contributed by atoms with E-state index in [1.807, 2.05) is 18.2 Å². The van der Waals surface area contributed by atoms with E-state index in [4.69, 9.17) is 16.3 Å². The highest BCUT2D eigenvalue weighted by molar-refractivity contribution is 6.33. The number of hydrogen-bond acceptors (Lipinski definition) is 4. The topological polar surface area (TPSA) is 58.6 Å². The van der Waals surface area contributed by atoms with Crippen LogP contribution >= 0.6 is 11.6 Å². The van der Waals surface area contributed by atoms with Gasteiger partial charge >= 0.3 is 5.97 Å². The molecule has 1 heterocycles. The SMILES string of the molecule is COC(=O)CC[C@@H](C)N1CCC(CCC(=O)Nc2ccccc2Cl)CC1. The predicted octanol–water partition coefficient (Wildman–Crippen LogP) is 4.11. The van der Waals surface area contributed by atoms with E-state index in [1.165, 1.54) is 7.11 Å². The lowest BCUT2D eigenvalue weighted by Gasteiger charge is -2.36. The molecule has 1 atom stereocenters. The number of nitrogens with one attached hydrogen (secondary N) is 1. The number of piperidine rings is 1. The Morgan fingerprint density at radius 3 is 2.62 bits per heavy atom. The van der Waals surface area contributed by atoms with E-state index < -0.39 is 0 Å². The van der Waals surface area contributed by atoms with E-state index in [1.54, 1.807) is 6.07 Å². The Bertz CT molecular complexity index is 600. The van der Waals surface area contributed by atoms with E-state index in [-0.39, 0.29) is 11.9 Å². The number of carbonyl (C=O) groups is 2. The summed E-state index contributed by atoms with van der Waals surface area (Å²) in [6, 6.07) is 7.68. The molecule has 0 bridgehead atoms. The van der Waals surface area contributed by atoms with Crippen LogP contribution in [0.3, 0.4) is 0 Å². The summed E-state index contributed by atoms with van der Waals surface area (Å²) in [4.78, 5) is 25.8. The number of hydrogen-bond donors (Lipinski definition) is 1. The Hall–Kier alpha value is -1.59. The first-order chi connectivity index (χ1) is 12.5. The summed E-state index contributed by atoms with van der Waals surface area (Å²) in [6.07, 6.45) is 4.93. The number of nitrogens with zero attached hydrogens (tertiary/aromatic N) is 1. The fraction of sp³-hybridized carbons (Fsp3) is 0.600. The first-order valence-electron chi connectivity index (χ1n) is 9.35. The quantitative estimate of drug-likeness (QED) is 0.689. The fourth-order valence-corrected chi connectivity index (χ4v) is 3.59. The predicted molar refractivity (Wildman–Crippen MR) is 104 cm³/mol. The number of para-hydroxylation sites is 1. The summed E-state index contributed by atoms with van der Waals surface area (Å²) in [5.74, 6) is 0.458. The van der Waals surface area contributed by atoms with Crippen molar-refractivity contribution in [2.24, 2.45) is 5.92 Å². The van der Waals surface area contributed by atoms with Crippen molar-refractivity contribution in [3.05, 3.63) is 29.3 Å². The first-order valence-corrected chi connectivity index (χ1v) is 9.72.